The molecule has 1 aromatic carbocycles. The van der Waals surface area contributed by atoms with E-state index in [0.29, 0.717) is 6.61 Å². The van der Waals surface area contributed by atoms with Crippen molar-refractivity contribution in [1.29, 1.82) is 0 Å². The average Bonchev–Trinajstić information content (AvgIpc) is 2.89. The Balaban J connectivity index is 1.70. The highest BCUT2D eigenvalue weighted by Gasteiger charge is 2.37. The van der Waals surface area contributed by atoms with Crippen molar-refractivity contribution in [3.8, 4) is 0 Å². The molecular formula is C21H26N2O. The molecule has 0 amide bonds. The molecule has 0 N–H and O–H groups in total. The summed E-state index contributed by atoms with van der Waals surface area (Å²) in [6, 6.07) is 8.50. The number of rotatable bonds is 6. The lowest BCUT2D eigenvalue weighted by molar-refractivity contribution is 0.155. The predicted octanol–water partition coefficient (Wildman–Crippen LogP) is 4.13. The lowest BCUT2D eigenvalue weighted by Gasteiger charge is -2.38. The highest BCUT2D eigenvalue weighted by atomic mass is 16.5. The van der Waals surface area contributed by atoms with E-state index >= 15 is 0 Å². The summed E-state index contributed by atoms with van der Waals surface area (Å²) >= 11 is 0. The summed E-state index contributed by atoms with van der Waals surface area (Å²) in [4.78, 5) is 4.40. The first-order valence-electron chi connectivity index (χ1n) is 8.65. The molecule has 0 saturated heterocycles. The van der Waals surface area contributed by atoms with Crippen LogP contribution in [0.3, 0.4) is 0 Å². The molecule has 1 aliphatic heterocycles. The normalized spacial score (nSPS) is 20.8. The molecule has 0 spiro atoms. The van der Waals surface area contributed by atoms with Crippen LogP contribution in [-0.4, -0.2) is 26.3 Å². The second-order valence-electron chi connectivity index (χ2n) is 6.40. The van der Waals surface area contributed by atoms with Gasteiger partial charge in [0, 0.05) is 25.6 Å². The Morgan fingerprint density at radius 2 is 1.58 bits per heavy atom. The van der Waals surface area contributed by atoms with E-state index in [0.717, 1.165) is 19.7 Å². The number of benzene rings is 1. The summed E-state index contributed by atoms with van der Waals surface area (Å²) in [6.07, 6.45) is 4.52. The quantitative estimate of drug-likeness (QED) is 0.733. The Kier molecular flexibility index (Phi) is 5.70. The fraction of sp³-hybridized carbons (Fsp3) is 0.381. The maximum absolute atomic E-state index is 5.52. The third kappa shape index (κ3) is 3.72. The van der Waals surface area contributed by atoms with Gasteiger partial charge in [0.25, 0.3) is 0 Å². The molecule has 0 aromatic heterocycles. The SMILES string of the molecule is CCOCCN1[C]N(C[C]2[C](C)[CH][C](C)[CH][C]2C)c2ccccc21. The van der Waals surface area contributed by atoms with Gasteiger partial charge in [0.05, 0.1) is 18.0 Å². The van der Waals surface area contributed by atoms with E-state index in [1.807, 2.05) is 6.92 Å². The predicted molar refractivity (Wildman–Crippen MR) is 99.5 cm³/mol. The van der Waals surface area contributed by atoms with Gasteiger partial charge in [0.15, 0.2) is 0 Å². The fourth-order valence-corrected chi connectivity index (χ4v) is 3.38. The molecule has 1 aliphatic carbocycles. The number of fused-ring (bicyclic) bond motifs is 1. The number of nitrogens with zero attached hydrogens (tertiary/aromatic N) is 2. The molecule has 3 heteroatoms. The molecule has 1 fully saturated rings. The third-order valence-corrected chi connectivity index (χ3v) is 4.52. The van der Waals surface area contributed by atoms with Gasteiger partial charge in [-0.2, -0.15) is 0 Å². The van der Waals surface area contributed by atoms with Crippen LogP contribution in [0.4, 0.5) is 11.4 Å². The van der Waals surface area contributed by atoms with Gasteiger partial charge in [0.1, 0.15) is 0 Å². The minimum Gasteiger partial charge on any atom is -0.380 e. The summed E-state index contributed by atoms with van der Waals surface area (Å²) in [7, 11) is 0. The Bertz CT molecular complexity index is 520. The van der Waals surface area contributed by atoms with Crippen molar-refractivity contribution in [2.45, 2.75) is 27.7 Å². The Morgan fingerprint density at radius 1 is 0.958 bits per heavy atom. The van der Waals surface area contributed by atoms with Crippen LogP contribution in [-0.2, 0) is 4.74 Å². The zero-order chi connectivity index (χ0) is 17.1. The van der Waals surface area contributed by atoms with E-state index < -0.39 is 0 Å². The molecule has 24 heavy (non-hydrogen) atoms. The summed E-state index contributed by atoms with van der Waals surface area (Å²) in [5.41, 5.74) is 2.42. The van der Waals surface area contributed by atoms with Gasteiger partial charge in [-0.1, -0.05) is 32.9 Å². The van der Waals surface area contributed by atoms with Gasteiger partial charge in [-0.05, 0) is 49.7 Å². The molecule has 3 nitrogen and oxygen atoms in total. The molecule has 0 atom stereocenters. The van der Waals surface area contributed by atoms with Crippen LogP contribution in [0.15, 0.2) is 24.3 Å². The third-order valence-electron chi connectivity index (χ3n) is 4.52. The van der Waals surface area contributed by atoms with E-state index in [1.165, 1.54) is 35.0 Å². The fourth-order valence-electron chi connectivity index (χ4n) is 3.38. The molecule has 0 bridgehead atoms. The van der Waals surface area contributed by atoms with Crippen molar-refractivity contribution in [2.24, 2.45) is 0 Å². The van der Waals surface area contributed by atoms with Crippen molar-refractivity contribution < 1.29 is 4.74 Å². The van der Waals surface area contributed by atoms with E-state index in [4.69, 9.17) is 4.74 Å². The lowest BCUT2D eigenvalue weighted by Crippen LogP contribution is -2.36. The van der Waals surface area contributed by atoms with Gasteiger partial charge >= 0.3 is 0 Å². The molecule has 1 heterocycles. The summed E-state index contributed by atoms with van der Waals surface area (Å²) in [5, 5.41) is 0. The zero-order valence-corrected chi connectivity index (χ0v) is 15.1. The number of ether oxygens (including phenoxy) is 1. The highest BCUT2D eigenvalue weighted by Crippen LogP contribution is 2.45. The first-order valence-corrected chi connectivity index (χ1v) is 8.65. The van der Waals surface area contributed by atoms with Crippen LogP contribution >= 0.6 is 0 Å². The molecule has 0 unspecified atom stereocenters. The minimum absolute atomic E-state index is 0.717. The van der Waals surface area contributed by atoms with Crippen molar-refractivity contribution in [2.75, 3.05) is 36.1 Å². The summed E-state index contributed by atoms with van der Waals surface area (Å²) in [5.74, 6) is 5.40. The second kappa shape index (κ2) is 7.77. The van der Waals surface area contributed by atoms with Crippen molar-refractivity contribution in [3.05, 3.63) is 67.4 Å². The Morgan fingerprint density at radius 3 is 2.21 bits per heavy atom. The number of hydrogen-bond acceptors (Lipinski definition) is 3. The highest BCUT2D eigenvalue weighted by molar-refractivity contribution is 5.79. The van der Waals surface area contributed by atoms with Gasteiger partial charge < -0.3 is 14.5 Å². The molecule has 2 aliphatic rings. The van der Waals surface area contributed by atoms with E-state index in [1.54, 1.807) is 0 Å². The number of para-hydroxylation sites is 2. The zero-order valence-electron chi connectivity index (χ0n) is 15.1. The molecule has 1 aromatic rings. The van der Waals surface area contributed by atoms with E-state index in [2.05, 4.69) is 74.3 Å². The molecule has 1 saturated carbocycles. The minimum atomic E-state index is 0.717. The van der Waals surface area contributed by atoms with Gasteiger partial charge in [0.2, 0.25) is 6.67 Å². The van der Waals surface area contributed by atoms with Crippen LogP contribution in [0.2, 0.25) is 0 Å². The van der Waals surface area contributed by atoms with E-state index in [9.17, 15) is 0 Å². The number of anilines is 2. The molecule has 8 radical (unpaired) electrons. The number of hydrogen-bond donors (Lipinski definition) is 0. The van der Waals surface area contributed by atoms with E-state index in [-0.39, 0.29) is 0 Å². The van der Waals surface area contributed by atoms with Gasteiger partial charge in [-0.25, -0.2) is 0 Å². The first kappa shape index (κ1) is 17.6. The summed E-state index contributed by atoms with van der Waals surface area (Å²) in [6.45, 7) is 15.2. The standard InChI is InChI=1S/C21H26N2O/c1-5-24-11-10-22-15-23(21-9-7-6-8-20(21)22)14-19-17(3)12-16(2)13-18(19)4/h6-9,12-13H,5,10-11,14H2,1-4H3. The largest absolute Gasteiger partial charge is 0.380 e. The van der Waals surface area contributed by atoms with Crippen LogP contribution < -0.4 is 9.80 Å². The second-order valence-corrected chi connectivity index (χ2v) is 6.40. The molecular weight excluding hydrogens is 296 g/mol. The molecule has 126 valence electrons. The first-order chi connectivity index (χ1) is 11.6. The van der Waals surface area contributed by atoms with Crippen molar-refractivity contribution >= 4 is 11.4 Å². The van der Waals surface area contributed by atoms with Crippen LogP contribution in [0.5, 0.6) is 0 Å². The monoisotopic (exact) mass is 322 g/mol. The van der Waals surface area contributed by atoms with Crippen LogP contribution in [0.1, 0.15) is 27.7 Å². The Hall–Kier alpha value is -1.22. The van der Waals surface area contributed by atoms with Gasteiger partial charge in [-0.15, -0.1) is 0 Å². The van der Waals surface area contributed by atoms with Gasteiger partial charge in [-0.3, -0.25) is 0 Å². The van der Waals surface area contributed by atoms with Crippen LogP contribution in [0.25, 0.3) is 0 Å². The lowest BCUT2D eigenvalue weighted by atomic mass is 9.69. The average molecular weight is 322 g/mol. The van der Waals surface area contributed by atoms with Crippen molar-refractivity contribution in [3.63, 3.8) is 0 Å². The molecule has 3 rings (SSSR count). The smallest absolute Gasteiger partial charge is 0.208 e. The van der Waals surface area contributed by atoms with Crippen LogP contribution in [0, 0.1) is 43.2 Å². The maximum Gasteiger partial charge on any atom is 0.208 e. The topological polar surface area (TPSA) is 15.7 Å². The van der Waals surface area contributed by atoms with Crippen molar-refractivity contribution in [1.82, 2.24) is 0 Å². The maximum atomic E-state index is 5.52. The summed E-state index contributed by atoms with van der Waals surface area (Å²) < 4.78 is 5.52. The Labute approximate surface area is 148 Å².